The number of alkyl halides is 3. The van der Waals surface area contributed by atoms with Crippen LogP contribution in [0.3, 0.4) is 0 Å². The van der Waals surface area contributed by atoms with Crippen LogP contribution in [0.2, 0.25) is 0 Å². The number of amides is 2. The molecule has 0 unspecified atom stereocenters. The number of rotatable bonds is 7. The number of halogens is 4. The largest absolute Gasteiger partial charge is 0.492 e. The van der Waals surface area contributed by atoms with Gasteiger partial charge in [-0.1, -0.05) is 26.8 Å². The molecule has 0 aliphatic carbocycles. The van der Waals surface area contributed by atoms with E-state index >= 15 is 0 Å². The van der Waals surface area contributed by atoms with Gasteiger partial charge in [-0.2, -0.15) is 13.2 Å². The molecule has 1 saturated heterocycles. The topological polar surface area (TPSA) is 58.6 Å². The Hall–Kier alpha value is -1.77. The lowest BCUT2D eigenvalue weighted by atomic mass is 9.87. The Morgan fingerprint density at radius 1 is 1.19 bits per heavy atom. The van der Waals surface area contributed by atoms with E-state index in [4.69, 9.17) is 4.74 Å². The maximum Gasteiger partial charge on any atom is 0.471 e. The second-order valence-electron chi connectivity index (χ2n) is 8.88. The molecule has 9 heteroatoms. The highest BCUT2D eigenvalue weighted by Crippen LogP contribution is 2.31. The van der Waals surface area contributed by atoms with Crippen LogP contribution in [0, 0.1) is 5.92 Å². The highest BCUT2D eigenvalue weighted by Gasteiger charge is 2.43. The summed E-state index contributed by atoms with van der Waals surface area (Å²) in [6.07, 6.45) is -3.07. The van der Waals surface area contributed by atoms with Crippen LogP contribution in [-0.4, -0.2) is 49.1 Å². The van der Waals surface area contributed by atoms with Crippen molar-refractivity contribution in [3.63, 3.8) is 0 Å². The molecule has 1 fully saturated rings. The number of carbonyl (C=O) groups excluding carboxylic acids is 2. The third-order valence-electron chi connectivity index (χ3n) is 5.34. The summed E-state index contributed by atoms with van der Waals surface area (Å²) >= 11 is 3.52. The number of ether oxygens (including phenoxy) is 1. The van der Waals surface area contributed by atoms with Gasteiger partial charge in [0.25, 0.3) is 0 Å². The molecule has 5 nitrogen and oxygen atoms in total. The Bertz CT molecular complexity index is 770. The molecule has 1 aliphatic heterocycles. The predicted octanol–water partition coefficient (Wildman–Crippen LogP) is 4.82. The monoisotopic (exact) mass is 506 g/mol. The molecule has 1 aromatic rings. The van der Waals surface area contributed by atoms with Crippen molar-refractivity contribution in [2.45, 2.75) is 58.0 Å². The summed E-state index contributed by atoms with van der Waals surface area (Å²) in [6, 6.07) is 5.98. The van der Waals surface area contributed by atoms with Gasteiger partial charge in [0.2, 0.25) is 5.91 Å². The lowest BCUT2D eigenvalue weighted by Crippen LogP contribution is -2.46. The van der Waals surface area contributed by atoms with Gasteiger partial charge in [0, 0.05) is 26.1 Å². The molecule has 0 saturated carbocycles. The number of carbonyl (C=O) groups is 2. The number of nitrogens with zero attached hydrogens (tertiary/aromatic N) is 1. The standard InChI is InChI=1S/C22H30BrF3N2O3/c1-21(2,3)16-6-7-18(17(23)13-16)31-12-4-5-19(29)27-14-15-8-10-28(11-9-15)20(30)22(24,25)26/h6-7,13,15H,4-5,8-12,14H2,1-3H3,(H,27,29). The van der Waals surface area contributed by atoms with Crippen LogP contribution in [0.15, 0.2) is 22.7 Å². The SMILES string of the molecule is CC(C)(C)c1ccc(OCCCC(=O)NCC2CCN(C(=O)C(F)(F)F)CC2)c(Br)c1. The molecular weight excluding hydrogens is 477 g/mol. The van der Waals surface area contributed by atoms with Crippen molar-refractivity contribution in [3.05, 3.63) is 28.2 Å². The van der Waals surface area contributed by atoms with E-state index < -0.39 is 12.1 Å². The molecule has 174 valence electrons. The zero-order valence-electron chi connectivity index (χ0n) is 18.2. The Balaban J connectivity index is 1.64. The third-order valence-corrected chi connectivity index (χ3v) is 5.96. The fraction of sp³-hybridized carbons (Fsp3) is 0.636. The van der Waals surface area contributed by atoms with Crippen molar-refractivity contribution in [3.8, 4) is 5.75 Å². The lowest BCUT2D eigenvalue weighted by molar-refractivity contribution is -0.186. The van der Waals surface area contributed by atoms with Crippen LogP contribution < -0.4 is 10.1 Å². The maximum atomic E-state index is 12.5. The van der Waals surface area contributed by atoms with Crippen molar-refractivity contribution in [2.24, 2.45) is 5.92 Å². The van der Waals surface area contributed by atoms with E-state index in [1.54, 1.807) is 0 Å². The van der Waals surface area contributed by atoms with Crippen molar-refractivity contribution in [1.29, 1.82) is 0 Å². The highest BCUT2D eigenvalue weighted by molar-refractivity contribution is 9.10. The first-order chi connectivity index (χ1) is 14.4. The molecule has 0 aromatic heterocycles. The van der Waals surface area contributed by atoms with Gasteiger partial charge >= 0.3 is 12.1 Å². The van der Waals surface area contributed by atoms with E-state index in [9.17, 15) is 22.8 Å². The second kappa shape index (κ2) is 10.7. The Labute approximate surface area is 189 Å². The van der Waals surface area contributed by atoms with Gasteiger partial charge in [-0.15, -0.1) is 0 Å². The number of benzene rings is 1. The summed E-state index contributed by atoms with van der Waals surface area (Å²) in [6.45, 7) is 7.36. The molecule has 0 atom stereocenters. The number of piperidine rings is 1. The van der Waals surface area contributed by atoms with Crippen LogP contribution in [0.5, 0.6) is 5.75 Å². The summed E-state index contributed by atoms with van der Waals surface area (Å²) in [7, 11) is 0. The first-order valence-electron chi connectivity index (χ1n) is 10.4. The minimum absolute atomic E-state index is 0.0453. The smallest absolute Gasteiger partial charge is 0.471 e. The lowest BCUT2D eigenvalue weighted by Gasteiger charge is -2.32. The van der Waals surface area contributed by atoms with Crippen LogP contribution in [0.4, 0.5) is 13.2 Å². The first-order valence-corrected chi connectivity index (χ1v) is 11.2. The molecular formula is C22H30BrF3N2O3. The normalized spacial score (nSPS) is 15.6. The molecule has 0 bridgehead atoms. The summed E-state index contributed by atoms with van der Waals surface area (Å²) < 4.78 is 44.0. The summed E-state index contributed by atoms with van der Waals surface area (Å²) in [5.41, 5.74) is 1.24. The van der Waals surface area contributed by atoms with Crippen LogP contribution in [-0.2, 0) is 15.0 Å². The zero-order valence-corrected chi connectivity index (χ0v) is 19.7. The molecule has 1 heterocycles. The Morgan fingerprint density at radius 2 is 1.84 bits per heavy atom. The maximum absolute atomic E-state index is 12.5. The number of hydrogen-bond acceptors (Lipinski definition) is 3. The van der Waals surface area contributed by atoms with Gasteiger partial charge < -0.3 is 15.0 Å². The van der Waals surface area contributed by atoms with Crippen molar-refractivity contribution >= 4 is 27.7 Å². The Morgan fingerprint density at radius 3 is 2.39 bits per heavy atom. The van der Waals surface area contributed by atoms with E-state index in [0.717, 1.165) is 15.1 Å². The number of nitrogens with one attached hydrogen (secondary N) is 1. The van der Waals surface area contributed by atoms with E-state index in [1.165, 1.54) is 5.56 Å². The molecule has 2 rings (SSSR count). The summed E-state index contributed by atoms with van der Waals surface area (Å²) in [5.74, 6) is -1.09. The van der Waals surface area contributed by atoms with E-state index in [0.29, 0.717) is 38.8 Å². The molecule has 1 aliphatic rings. The minimum Gasteiger partial charge on any atom is -0.492 e. The van der Waals surface area contributed by atoms with E-state index in [-0.39, 0.29) is 30.3 Å². The van der Waals surface area contributed by atoms with Crippen LogP contribution >= 0.6 is 15.9 Å². The van der Waals surface area contributed by atoms with Gasteiger partial charge in [-0.25, -0.2) is 0 Å². The number of likely N-dealkylation sites (tertiary alicyclic amines) is 1. The zero-order chi connectivity index (χ0) is 23.2. The van der Waals surface area contributed by atoms with Gasteiger partial charge in [0.1, 0.15) is 5.75 Å². The fourth-order valence-corrected chi connectivity index (χ4v) is 3.86. The molecule has 0 radical (unpaired) electrons. The van der Waals surface area contributed by atoms with Gasteiger partial charge in [0.15, 0.2) is 0 Å². The molecule has 31 heavy (non-hydrogen) atoms. The van der Waals surface area contributed by atoms with Gasteiger partial charge in [-0.3, -0.25) is 9.59 Å². The Kier molecular flexibility index (Phi) is 8.80. The number of hydrogen-bond donors (Lipinski definition) is 1. The molecule has 0 spiro atoms. The van der Waals surface area contributed by atoms with Crippen molar-refractivity contribution < 1.29 is 27.5 Å². The highest BCUT2D eigenvalue weighted by atomic mass is 79.9. The fourth-order valence-electron chi connectivity index (χ4n) is 3.37. The third kappa shape index (κ3) is 8.01. The summed E-state index contributed by atoms with van der Waals surface area (Å²) in [5, 5.41) is 2.83. The first kappa shape index (κ1) is 25.5. The average Bonchev–Trinajstić information content (AvgIpc) is 2.69. The average molecular weight is 507 g/mol. The second-order valence-corrected chi connectivity index (χ2v) is 9.74. The van der Waals surface area contributed by atoms with Crippen molar-refractivity contribution in [2.75, 3.05) is 26.2 Å². The van der Waals surface area contributed by atoms with E-state index in [1.807, 2.05) is 18.2 Å². The van der Waals surface area contributed by atoms with Gasteiger partial charge in [0.05, 0.1) is 11.1 Å². The molecule has 1 aromatic carbocycles. The molecule has 1 N–H and O–H groups in total. The van der Waals surface area contributed by atoms with Crippen LogP contribution in [0.25, 0.3) is 0 Å². The summed E-state index contributed by atoms with van der Waals surface area (Å²) in [4.78, 5) is 24.1. The minimum atomic E-state index is -4.83. The van der Waals surface area contributed by atoms with Crippen molar-refractivity contribution in [1.82, 2.24) is 10.2 Å². The van der Waals surface area contributed by atoms with E-state index in [2.05, 4.69) is 42.0 Å². The predicted molar refractivity (Wildman–Crippen MR) is 116 cm³/mol. The van der Waals surface area contributed by atoms with Gasteiger partial charge in [-0.05, 0) is 64.2 Å². The van der Waals surface area contributed by atoms with Crippen LogP contribution in [0.1, 0.15) is 52.0 Å². The quantitative estimate of drug-likeness (QED) is 0.539. The molecule has 2 amide bonds.